The van der Waals surface area contributed by atoms with Crippen LogP contribution in [0.3, 0.4) is 0 Å². The average molecular weight is 327 g/mol. The van der Waals surface area contributed by atoms with Crippen molar-refractivity contribution < 1.29 is 22.8 Å². The molecular weight excluding hydrogens is 318 g/mol. The van der Waals surface area contributed by atoms with Crippen molar-refractivity contribution in [3.05, 3.63) is 64.2 Å². The second-order valence-electron chi connectivity index (χ2n) is 5.35. The maximum atomic E-state index is 12.8. The summed E-state index contributed by atoms with van der Waals surface area (Å²) in [5.74, 6) is -1.68. The van der Waals surface area contributed by atoms with Crippen LogP contribution in [-0.2, 0) is 10.0 Å². The quantitative estimate of drug-likeness (QED) is 0.620. The molecule has 1 heterocycles. The van der Waals surface area contributed by atoms with Gasteiger partial charge in [-0.1, -0.05) is 24.3 Å². The van der Waals surface area contributed by atoms with Crippen LogP contribution in [0.25, 0.3) is 0 Å². The molecule has 7 heteroatoms. The third kappa shape index (κ3) is 1.52. The van der Waals surface area contributed by atoms with E-state index in [2.05, 4.69) is 0 Å². The Hall–Kier alpha value is -2.80. The van der Waals surface area contributed by atoms with Gasteiger partial charge in [0, 0.05) is 23.7 Å². The van der Waals surface area contributed by atoms with Gasteiger partial charge >= 0.3 is 0 Å². The molecule has 2 aromatic rings. The molecule has 0 bridgehead atoms. The number of amides is 1. The Bertz CT molecular complexity index is 1050. The van der Waals surface area contributed by atoms with Crippen molar-refractivity contribution in [1.82, 2.24) is 4.31 Å². The van der Waals surface area contributed by atoms with Crippen LogP contribution >= 0.6 is 0 Å². The van der Waals surface area contributed by atoms with Gasteiger partial charge in [0.15, 0.2) is 11.6 Å². The molecule has 1 aliphatic heterocycles. The van der Waals surface area contributed by atoms with Crippen LogP contribution in [0.1, 0.15) is 42.2 Å². The maximum absolute atomic E-state index is 12.8. The molecule has 1 amide bonds. The first-order valence-corrected chi connectivity index (χ1v) is 8.18. The highest BCUT2D eigenvalue weighted by atomic mass is 32.2. The van der Waals surface area contributed by atoms with E-state index in [4.69, 9.17) is 0 Å². The molecule has 1 aliphatic carbocycles. The standard InChI is InChI=1S/C16H9NO5S/c1-17-16(20)11-7-6-10-12(15(11)23(17,21)22)14(19)9-5-3-2-4-8(9)13(10)18/h2-7H,1H3. The van der Waals surface area contributed by atoms with Crippen molar-refractivity contribution in [1.29, 1.82) is 0 Å². The van der Waals surface area contributed by atoms with E-state index in [1.54, 1.807) is 12.1 Å². The summed E-state index contributed by atoms with van der Waals surface area (Å²) in [6.07, 6.45) is 0. The van der Waals surface area contributed by atoms with Gasteiger partial charge in [0.1, 0.15) is 4.90 Å². The largest absolute Gasteiger partial charge is 0.289 e. The normalized spacial score (nSPS) is 17.8. The Morgan fingerprint density at radius 2 is 1.35 bits per heavy atom. The second-order valence-corrected chi connectivity index (χ2v) is 7.25. The van der Waals surface area contributed by atoms with Crippen LogP contribution in [0, 0.1) is 0 Å². The molecule has 0 unspecified atom stereocenters. The highest BCUT2D eigenvalue weighted by molar-refractivity contribution is 7.90. The van der Waals surface area contributed by atoms with Gasteiger partial charge in [0.05, 0.1) is 11.1 Å². The first-order valence-electron chi connectivity index (χ1n) is 6.74. The Labute approximate surface area is 131 Å². The summed E-state index contributed by atoms with van der Waals surface area (Å²) < 4.78 is 25.5. The minimum absolute atomic E-state index is 0.0131. The number of hydrogen-bond donors (Lipinski definition) is 0. The fourth-order valence-electron chi connectivity index (χ4n) is 3.01. The number of nitrogens with zero attached hydrogens (tertiary/aromatic N) is 1. The third-order valence-corrected chi connectivity index (χ3v) is 6.01. The molecule has 23 heavy (non-hydrogen) atoms. The zero-order valence-electron chi connectivity index (χ0n) is 11.9. The lowest BCUT2D eigenvalue weighted by Gasteiger charge is -2.19. The molecule has 0 atom stereocenters. The van der Waals surface area contributed by atoms with E-state index < -0.39 is 27.5 Å². The summed E-state index contributed by atoms with van der Waals surface area (Å²) >= 11 is 0. The lowest BCUT2D eigenvalue weighted by atomic mass is 9.83. The van der Waals surface area contributed by atoms with Gasteiger partial charge in [0.25, 0.3) is 15.9 Å². The van der Waals surface area contributed by atoms with Crippen molar-refractivity contribution in [3.63, 3.8) is 0 Å². The molecule has 0 radical (unpaired) electrons. The SMILES string of the molecule is CN1C(=O)c2ccc3c(c2S1(=O)=O)C(=O)c1ccccc1C3=O. The Morgan fingerprint density at radius 1 is 0.783 bits per heavy atom. The molecule has 4 rings (SSSR count). The molecule has 0 saturated carbocycles. The third-order valence-electron chi connectivity index (χ3n) is 4.18. The second kappa shape index (κ2) is 4.14. The van der Waals surface area contributed by atoms with Gasteiger partial charge in [-0.3, -0.25) is 14.4 Å². The first kappa shape index (κ1) is 13.8. The van der Waals surface area contributed by atoms with E-state index in [-0.39, 0.29) is 32.7 Å². The zero-order chi connectivity index (χ0) is 16.5. The molecule has 114 valence electrons. The summed E-state index contributed by atoms with van der Waals surface area (Å²) in [5, 5.41) is 0. The number of rotatable bonds is 0. The van der Waals surface area contributed by atoms with E-state index in [0.717, 1.165) is 7.05 Å². The van der Waals surface area contributed by atoms with E-state index in [0.29, 0.717) is 4.31 Å². The minimum Gasteiger partial charge on any atom is -0.289 e. The van der Waals surface area contributed by atoms with Gasteiger partial charge in [0.2, 0.25) is 0 Å². The lowest BCUT2D eigenvalue weighted by molar-refractivity contribution is 0.0891. The number of hydrogen-bond acceptors (Lipinski definition) is 5. The fourth-order valence-corrected chi connectivity index (χ4v) is 4.49. The van der Waals surface area contributed by atoms with Crippen molar-refractivity contribution in [2.45, 2.75) is 4.90 Å². The minimum atomic E-state index is -4.12. The maximum Gasteiger partial charge on any atom is 0.268 e. The summed E-state index contributed by atoms with van der Waals surface area (Å²) in [5.41, 5.74) is 0.116. The summed E-state index contributed by atoms with van der Waals surface area (Å²) in [6.45, 7) is 0. The van der Waals surface area contributed by atoms with Crippen LogP contribution in [0.15, 0.2) is 41.3 Å². The predicted molar refractivity (Wildman–Crippen MR) is 79.0 cm³/mol. The number of benzene rings is 2. The van der Waals surface area contributed by atoms with Crippen LogP contribution in [0.5, 0.6) is 0 Å². The van der Waals surface area contributed by atoms with Crippen LogP contribution < -0.4 is 0 Å². The van der Waals surface area contributed by atoms with E-state index in [9.17, 15) is 22.8 Å². The number of fused-ring (bicyclic) bond motifs is 4. The molecule has 0 spiro atoms. The van der Waals surface area contributed by atoms with Crippen LogP contribution in [-0.4, -0.2) is 37.2 Å². The Morgan fingerprint density at radius 3 is 2.00 bits per heavy atom. The van der Waals surface area contributed by atoms with E-state index in [1.807, 2.05) is 0 Å². The predicted octanol–water partition coefficient (Wildman–Crippen LogP) is 1.24. The highest BCUT2D eigenvalue weighted by Gasteiger charge is 2.45. The summed E-state index contributed by atoms with van der Waals surface area (Å²) in [7, 11) is -2.99. The summed E-state index contributed by atoms with van der Waals surface area (Å²) in [6, 6.07) is 8.87. The van der Waals surface area contributed by atoms with Gasteiger partial charge in [-0.15, -0.1) is 0 Å². The Kier molecular flexibility index (Phi) is 2.49. The molecule has 2 aromatic carbocycles. The van der Waals surface area contributed by atoms with Crippen molar-refractivity contribution in [2.24, 2.45) is 0 Å². The smallest absolute Gasteiger partial charge is 0.268 e. The molecule has 0 saturated heterocycles. The lowest BCUT2D eigenvalue weighted by Crippen LogP contribution is -2.26. The van der Waals surface area contributed by atoms with Gasteiger partial charge in [-0.05, 0) is 12.1 Å². The molecule has 6 nitrogen and oxygen atoms in total. The molecule has 0 fully saturated rings. The van der Waals surface area contributed by atoms with Crippen LogP contribution in [0.2, 0.25) is 0 Å². The van der Waals surface area contributed by atoms with Crippen molar-refractivity contribution in [2.75, 3.05) is 7.05 Å². The van der Waals surface area contributed by atoms with Gasteiger partial charge in [-0.2, -0.15) is 0 Å². The van der Waals surface area contributed by atoms with E-state index >= 15 is 0 Å². The van der Waals surface area contributed by atoms with Crippen molar-refractivity contribution in [3.8, 4) is 0 Å². The average Bonchev–Trinajstić information content (AvgIpc) is 2.73. The number of sulfonamides is 1. The molecule has 0 aromatic heterocycles. The Balaban J connectivity index is 2.14. The highest BCUT2D eigenvalue weighted by Crippen LogP contribution is 2.38. The van der Waals surface area contributed by atoms with Crippen LogP contribution in [0.4, 0.5) is 0 Å². The first-order chi connectivity index (χ1) is 10.9. The monoisotopic (exact) mass is 327 g/mol. The van der Waals surface area contributed by atoms with Crippen molar-refractivity contribution >= 4 is 27.5 Å². The summed E-state index contributed by atoms with van der Waals surface area (Å²) in [4.78, 5) is 37.1. The fraction of sp³-hybridized carbons (Fsp3) is 0.0625. The number of ketones is 2. The number of carbonyl (C=O) groups excluding carboxylic acids is 3. The number of carbonyl (C=O) groups is 3. The van der Waals surface area contributed by atoms with Gasteiger partial charge in [-0.25, -0.2) is 12.7 Å². The molecule has 0 N–H and O–H groups in total. The zero-order valence-corrected chi connectivity index (χ0v) is 12.7. The molecular formula is C16H9NO5S. The molecule has 2 aliphatic rings. The van der Waals surface area contributed by atoms with E-state index in [1.165, 1.54) is 24.3 Å². The van der Waals surface area contributed by atoms with Gasteiger partial charge < -0.3 is 0 Å². The topological polar surface area (TPSA) is 88.6 Å².